The van der Waals surface area contributed by atoms with Crippen molar-refractivity contribution in [3.8, 4) is 0 Å². The minimum absolute atomic E-state index is 0.296. The van der Waals surface area contributed by atoms with Crippen LogP contribution in [0.2, 0.25) is 0 Å². The van der Waals surface area contributed by atoms with E-state index in [0.717, 1.165) is 5.92 Å². The van der Waals surface area contributed by atoms with Crippen molar-refractivity contribution in [3.63, 3.8) is 0 Å². The summed E-state index contributed by atoms with van der Waals surface area (Å²) in [6.45, 7) is 7.12. The summed E-state index contributed by atoms with van der Waals surface area (Å²) in [5.41, 5.74) is 4.04. The molecule has 0 radical (unpaired) electrons. The Morgan fingerprint density at radius 1 is 1.22 bits per heavy atom. The van der Waals surface area contributed by atoms with Gasteiger partial charge in [0.15, 0.2) is 0 Å². The van der Waals surface area contributed by atoms with E-state index in [2.05, 4.69) is 20.8 Å². The fourth-order valence-electron chi connectivity index (χ4n) is 2.82. The third-order valence-corrected chi connectivity index (χ3v) is 4.18. The summed E-state index contributed by atoms with van der Waals surface area (Å²) in [5, 5.41) is 15.8. The van der Waals surface area contributed by atoms with Crippen molar-refractivity contribution in [1.29, 1.82) is 0 Å². The number of carboxylic acids is 2. The highest BCUT2D eigenvalue weighted by atomic mass is 16.4. The molecule has 0 spiro atoms. The molecule has 1 saturated carbocycles. The molecule has 3 rings (SSSR count). The zero-order chi connectivity index (χ0) is 13.9. The molecule has 2 N–H and O–H groups in total. The highest BCUT2D eigenvalue weighted by Crippen LogP contribution is 2.58. The van der Waals surface area contributed by atoms with Gasteiger partial charge >= 0.3 is 11.9 Å². The van der Waals surface area contributed by atoms with Crippen LogP contribution in [0.4, 0.5) is 0 Å². The average Bonchev–Trinajstić information content (AvgIpc) is 2.26. The molecule has 3 aliphatic rings. The second-order valence-corrected chi connectivity index (χ2v) is 5.71. The second kappa shape index (κ2) is 5.55. The van der Waals surface area contributed by atoms with Crippen LogP contribution in [0.25, 0.3) is 0 Å². The van der Waals surface area contributed by atoms with Crippen molar-refractivity contribution in [2.24, 2.45) is 11.3 Å². The number of hydrogen-bond acceptors (Lipinski definition) is 2. The van der Waals surface area contributed by atoms with E-state index in [1.165, 1.54) is 19.3 Å². The summed E-state index contributed by atoms with van der Waals surface area (Å²) >= 11 is 0. The van der Waals surface area contributed by atoms with Crippen molar-refractivity contribution in [2.75, 3.05) is 0 Å². The van der Waals surface area contributed by atoms with E-state index in [4.69, 9.17) is 10.2 Å². The molecule has 18 heavy (non-hydrogen) atoms. The topological polar surface area (TPSA) is 74.6 Å². The molecule has 0 amide bonds. The van der Waals surface area contributed by atoms with E-state index < -0.39 is 11.9 Å². The largest absolute Gasteiger partial charge is 0.481 e. The second-order valence-electron chi connectivity index (χ2n) is 5.71. The predicted octanol–water partition coefficient (Wildman–Crippen LogP) is 3.08. The van der Waals surface area contributed by atoms with Gasteiger partial charge in [0.25, 0.3) is 0 Å². The molecule has 3 aliphatic carbocycles. The molecule has 0 heterocycles. The molecule has 0 aromatic carbocycles. The summed E-state index contributed by atoms with van der Waals surface area (Å²) in [6, 6.07) is 0. The maximum atomic E-state index is 9.64. The van der Waals surface area contributed by atoms with Crippen LogP contribution in [-0.4, -0.2) is 22.2 Å². The summed E-state index contributed by atoms with van der Waals surface area (Å²) < 4.78 is 0. The first-order chi connectivity index (χ1) is 8.25. The normalized spacial score (nSPS) is 23.6. The summed E-state index contributed by atoms with van der Waals surface area (Å²) in [5.74, 6) is -1.13. The van der Waals surface area contributed by atoms with Gasteiger partial charge in [-0.05, 0) is 37.5 Å². The Balaban J connectivity index is 0.000000187. The quantitative estimate of drug-likeness (QED) is 0.759. The van der Waals surface area contributed by atoms with Crippen LogP contribution < -0.4 is 0 Å². The van der Waals surface area contributed by atoms with Gasteiger partial charge in [-0.15, -0.1) is 0 Å². The minimum atomic E-state index is -1.08. The van der Waals surface area contributed by atoms with E-state index in [9.17, 15) is 9.59 Å². The highest BCUT2D eigenvalue weighted by molar-refractivity contribution is 5.75. The molecular formula is C14H22O4. The minimum Gasteiger partial charge on any atom is -0.481 e. The van der Waals surface area contributed by atoms with Gasteiger partial charge in [0, 0.05) is 0 Å². The number of hydrogen-bond donors (Lipinski definition) is 2. The number of carbonyl (C=O) groups is 2. The van der Waals surface area contributed by atoms with E-state index in [1.807, 2.05) is 0 Å². The van der Waals surface area contributed by atoms with E-state index >= 15 is 0 Å². The zero-order valence-corrected chi connectivity index (χ0v) is 11.3. The van der Waals surface area contributed by atoms with Gasteiger partial charge in [-0.2, -0.15) is 0 Å². The van der Waals surface area contributed by atoms with Crippen LogP contribution in [0, 0.1) is 11.3 Å². The van der Waals surface area contributed by atoms with Gasteiger partial charge in [0.2, 0.25) is 0 Å². The lowest BCUT2D eigenvalue weighted by molar-refractivity contribution is -0.143. The smallest absolute Gasteiger partial charge is 0.303 e. The van der Waals surface area contributed by atoms with Crippen molar-refractivity contribution in [2.45, 2.75) is 52.9 Å². The number of allylic oxidation sites excluding steroid dienone is 2. The van der Waals surface area contributed by atoms with Gasteiger partial charge in [0.1, 0.15) is 0 Å². The third kappa shape index (κ3) is 3.34. The number of fused-ring (bicyclic) bond motifs is 2. The van der Waals surface area contributed by atoms with Crippen LogP contribution in [0.1, 0.15) is 52.9 Å². The first kappa shape index (κ1) is 14.7. The monoisotopic (exact) mass is 254 g/mol. The molecule has 2 bridgehead atoms. The zero-order valence-electron chi connectivity index (χ0n) is 11.3. The van der Waals surface area contributed by atoms with Crippen molar-refractivity contribution < 1.29 is 19.8 Å². The van der Waals surface area contributed by atoms with Gasteiger partial charge in [-0.25, -0.2) is 0 Å². The lowest BCUT2D eigenvalue weighted by Gasteiger charge is -2.52. The van der Waals surface area contributed by atoms with Crippen molar-refractivity contribution in [1.82, 2.24) is 0 Å². The van der Waals surface area contributed by atoms with Gasteiger partial charge in [-0.3, -0.25) is 9.59 Å². The van der Waals surface area contributed by atoms with E-state index in [0.29, 0.717) is 5.41 Å². The van der Waals surface area contributed by atoms with Crippen LogP contribution in [0.5, 0.6) is 0 Å². The maximum Gasteiger partial charge on any atom is 0.303 e. The van der Waals surface area contributed by atoms with E-state index in [-0.39, 0.29) is 12.8 Å². The fourth-order valence-corrected chi connectivity index (χ4v) is 2.82. The first-order valence-electron chi connectivity index (χ1n) is 6.37. The van der Waals surface area contributed by atoms with Crippen LogP contribution in [-0.2, 0) is 9.59 Å². The van der Waals surface area contributed by atoms with E-state index in [1.54, 1.807) is 11.1 Å². The Hall–Kier alpha value is -1.32. The third-order valence-electron chi connectivity index (χ3n) is 4.18. The summed E-state index contributed by atoms with van der Waals surface area (Å²) in [4.78, 5) is 19.3. The van der Waals surface area contributed by atoms with Crippen LogP contribution >= 0.6 is 0 Å². The molecule has 1 unspecified atom stereocenters. The Morgan fingerprint density at radius 2 is 1.72 bits per heavy atom. The maximum absolute atomic E-state index is 9.64. The molecule has 4 heteroatoms. The Morgan fingerprint density at radius 3 is 1.94 bits per heavy atom. The van der Waals surface area contributed by atoms with Gasteiger partial charge in [0.05, 0.1) is 12.8 Å². The molecule has 1 fully saturated rings. The lowest BCUT2D eigenvalue weighted by Crippen LogP contribution is -2.41. The standard InChI is InChI=1S/C10H16.C4H6O4/c1-7-4-5-8-6-9(7)10(8,2)3;5-3(6)1-2-4(7)8/h8H,4-6H2,1-3H3;1-2H2,(H,5,6)(H,7,8). The fraction of sp³-hybridized carbons (Fsp3) is 0.714. The summed E-state index contributed by atoms with van der Waals surface area (Å²) in [7, 11) is 0. The molecule has 0 saturated heterocycles. The summed E-state index contributed by atoms with van der Waals surface area (Å²) in [6.07, 6.45) is 3.65. The van der Waals surface area contributed by atoms with Crippen LogP contribution in [0.3, 0.4) is 0 Å². The molecule has 1 atom stereocenters. The van der Waals surface area contributed by atoms with Gasteiger partial charge in [-0.1, -0.05) is 25.0 Å². The van der Waals surface area contributed by atoms with Crippen molar-refractivity contribution in [3.05, 3.63) is 11.1 Å². The highest BCUT2D eigenvalue weighted by Gasteiger charge is 2.46. The molecule has 0 aliphatic heterocycles. The number of aliphatic carboxylic acids is 2. The predicted molar refractivity (Wildman–Crippen MR) is 68.3 cm³/mol. The van der Waals surface area contributed by atoms with Crippen LogP contribution in [0.15, 0.2) is 11.1 Å². The lowest BCUT2D eigenvalue weighted by atomic mass is 9.52. The number of rotatable bonds is 3. The molecule has 0 aromatic heterocycles. The first-order valence-corrected chi connectivity index (χ1v) is 6.37. The Labute approximate surface area is 108 Å². The Bertz CT molecular complexity index is 365. The van der Waals surface area contributed by atoms with Gasteiger partial charge < -0.3 is 10.2 Å². The molecular weight excluding hydrogens is 232 g/mol. The molecule has 4 nitrogen and oxygen atoms in total. The average molecular weight is 254 g/mol. The van der Waals surface area contributed by atoms with Crippen molar-refractivity contribution >= 4 is 11.9 Å². The molecule has 0 aromatic rings. The number of carboxylic acid groups (broad SMARTS) is 2. The Kier molecular flexibility index (Phi) is 4.54. The SMILES string of the molecule is CC1=C2CC(CC1)C2(C)C.O=C(O)CCC(=O)O. The molecule has 102 valence electrons.